The van der Waals surface area contributed by atoms with Gasteiger partial charge in [-0.3, -0.25) is 20.2 Å². The van der Waals surface area contributed by atoms with Crippen LogP contribution in [0.25, 0.3) is 21.8 Å². The van der Waals surface area contributed by atoms with Gasteiger partial charge in [-0.2, -0.15) is 5.26 Å². The Morgan fingerprint density at radius 1 is 0.903 bits per heavy atom. The summed E-state index contributed by atoms with van der Waals surface area (Å²) in [5, 5.41) is 31.5. The maximum atomic E-state index is 10.9. The number of nitriles is 1. The molecule has 0 aliphatic carbocycles. The Balaban J connectivity index is 0.000000176. The van der Waals surface area contributed by atoms with E-state index in [-0.39, 0.29) is 22.7 Å². The molecule has 0 saturated heterocycles. The molecule has 31 heavy (non-hydrogen) atoms. The summed E-state index contributed by atoms with van der Waals surface area (Å²) in [7, 11) is 3.88. The van der Waals surface area contributed by atoms with Crippen LogP contribution in [0.15, 0.2) is 48.8 Å². The number of nitrogens with zero attached hydrogens (tertiary/aromatic N) is 4. The van der Waals surface area contributed by atoms with Crippen LogP contribution in [-0.4, -0.2) is 38.8 Å². The summed E-state index contributed by atoms with van der Waals surface area (Å²) in [5.41, 5.74) is 3.32. The molecule has 0 atom stereocenters. The maximum Gasteiger partial charge on any atom is 0.279 e. The molecule has 0 saturated carbocycles. The lowest BCUT2D eigenvalue weighted by atomic mass is 10.1. The van der Waals surface area contributed by atoms with Crippen LogP contribution in [0.4, 0.5) is 11.4 Å². The van der Waals surface area contributed by atoms with Gasteiger partial charge in [-0.05, 0) is 37.4 Å². The third kappa shape index (κ3) is 4.52. The highest BCUT2D eigenvalue weighted by molar-refractivity contribution is 5.92. The minimum Gasteiger partial charge on any atom is -0.361 e. The number of hydrogen-bond donors (Lipinski definition) is 2. The lowest BCUT2D eigenvalue weighted by Gasteiger charge is -2.07. The van der Waals surface area contributed by atoms with E-state index in [0.29, 0.717) is 28.4 Å². The van der Waals surface area contributed by atoms with Gasteiger partial charge in [0, 0.05) is 31.1 Å². The van der Waals surface area contributed by atoms with Gasteiger partial charge in [0.2, 0.25) is 0 Å². The van der Waals surface area contributed by atoms with Crippen LogP contribution in [0.1, 0.15) is 11.1 Å². The Hall–Kier alpha value is -4.23. The molecule has 0 unspecified atom stereocenters. The van der Waals surface area contributed by atoms with Crippen molar-refractivity contribution in [3.8, 4) is 6.07 Å². The van der Waals surface area contributed by atoms with E-state index in [0.717, 1.165) is 11.1 Å². The molecule has 0 amide bonds. The summed E-state index contributed by atoms with van der Waals surface area (Å²) in [4.78, 5) is 28.9. The second kappa shape index (κ2) is 9.06. The van der Waals surface area contributed by atoms with Crippen LogP contribution >= 0.6 is 0 Å². The quantitative estimate of drug-likeness (QED) is 0.364. The number of nitrogens with one attached hydrogen (secondary N) is 2. The van der Waals surface area contributed by atoms with Gasteiger partial charge < -0.3 is 14.9 Å². The lowest BCUT2D eigenvalue weighted by molar-refractivity contribution is -0.383. The van der Waals surface area contributed by atoms with E-state index < -0.39 is 4.92 Å². The summed E-state index contributed by atoms with van der Waals surface area (Å²) in [6, 6.07) is 11.9. The second-order valence-electron chi connectivity index (χ2n) is 7.11. The second-order valence-corrected chi connectivity index (χ2v) is 7.11. The maximum absolute atomic E-state index is 10.9. The van der Waals surface area contributed by atoms with E-state index in [1.807, 2.05) is 37.3 Å². The number of hydrogen-bond acceptors (Lipinski definition) is 6. The first kappa shape index (κ1) is 21.5. The number of nitro benzene ring substituents is 2. The van der Waals surface area contributed by atoms with Gasteiger partial charge in [0.25, 0.3) is 11.4 Å². The van der Waals surface area contributed by atoms with Crippen LogP contribution in [0.5, 0.6) is 0 Å². The van der Waals surface area contributed by atoms with E-state index in [2.05, 4.69) is 9.97 Å². The van der Waals surface area contributed by atoms with Crippen LogP contribution in [0.2, 0.25) is 0 Å². The summed E-state index contributed by atoms with van der Waals surface area (Å²) in [5.74, 6) is 0. The van der Waals surface area contributed by atoms with Crippen molar-refractivity contribution >= 4 is 33.2 Å². The van der Waals surface area contributed by atoms with Crippen molar-refractivity contribution < 1.29 is 9.85 Å². The zero-order valence-corrected chi connectivity index (χ0v) is 17.0. The van der Waals surface area contributed by atoms with Gasteiger partial charge in [-0.15, -0.1) is 0 Å². The van der Waals surface area contributed by atoms with Gasteiger partial charge in [0.1, 0.15) is 0 Å². The van der Waals surface area contributed by atoms with Crippen molar-refractivity contribution in [3.63, 3.8) is 0 Å². The molecular formula is C21H20N6O4. The molecule has 0 aliphatic rings. The van der Waals surface area contributed by atoms with E-state index >= 15 is 0 Å². The van der Waals surface area contributed by atoms with E-state index in [1.54, 1.807) is 24.4 Å². The monoisotopic (exact) mass is 420 g/mol. The Morgan fingerprint density at radius 3 is 1.84 bits per heavy atom. The first-order chi connectivity index (χ1) is 14.8. The molecule has 4 rings (SSSR count). The van der Waals surface area contributed by atoms with Crippen molar-refractivity contribution in [1.82, 2.24) is 14.9 Å². The zero-order chi connectivity index (χ0) is 22.5. The number of rotatable bonds is 5. The van der Waals surface area contributed by atoms with Gasteiger partial charge >= 0.3 is 0 Å². The predicted octanol–water partition coefficient (Wildman–Crippen LogP) is 4.28. The summed E-state index contributed by atoms with van der Waals surface area (Å²) in [6.45, 7) is 0.685. The summed E-state index contributed by atoms with van der Waals surface area (Å²) >= 11 is 0. The zero-order valence-electron chi connectivity index (χ0n) is 17.0. The molecule has 0 radical (unpaired) electrons. The molecule has 0 aliphatic heterocycles. The van der Waals surface area contributed by atoms with Gasteiger partial charge in [0.15, 0.2) is 0 Å². The fourth-order valence-corrected chi connectivity index (χ4v) is 3.46. The molecule has 2 aromatic carbocycles. The average molecular weight is 420 g/mol. The predicted molar refractivity (Wildman–Crippen MR) is 117 cm³/mol. The molecule has 2 heterocycles. The first-order valence-corrected chi connectivity index (χ1v) is 9.32. The Bertz CT molecular complexity index is 1300. The number of fused-ring (bicyclic) bond motifs is 2. The number of benzene rings is 2. The molecule has 10 heteroatoms. The fraction of sp³-hybridized carbons (Fsp3) is 0.190. The molecule has 2 N–H and O–H groups in total. The number of non-ortho nitro benzene ring substituents is 2. The summed E-state index contributed by atoms with van der Waals surface area (Å²) < 4.78 is 0. The van der Waals surface area contributed by atoms with E-state index in [9.17, 15) is 20.2 Å². The van der Waals surface area contributed by atoms with E-state index in [4.69, 9.17) is 5.26 Å². The van der Waals surface area contributed by atoms with Crippen molar-refractivity contribution in [2.24, 2.45) is 0 Å². The molecule has 10 nitrogen and oxygen atoms in total. The Labute approximate surface area is 177 Å². The van der Waals surface area contributed by atoms with E-state index in [1.165, 1.54) is 12.1 Å². The van der Waals surface area contributed by atoms with Crippen LogP contribution in [0, 0.1) is 31.6 Å². The highest BCUT2D eigenvalue weighted by atomic mass is 16.6. The highest BCUT2D eigenvalue weighted by Crippen LogP contribution is 2.29. The number of aromatic nitrogens is 2. The minimum atomic E-state index is -0.433. The third-order valence-corrected chi connectivity index (χ3v) is 4.68. The van der Waals surface area contributed by atoms with Gasteiger partial charge in [-0.1, -0.05) is 12.1 Å². The lowest BCUT2D eigenvalue weighted by Crippen LogP contribution is -2.10. The summed E-state index contributed by atoms with van der Waals surface area (Å²) in [6.07, 6.45) is 3.64. The number of nitro groups is 2. The molecule has 0 bridgehead atoms. The molecule has 0 fully saturated rings. The molecule has 158 valence electrons. The smallest absolute Gasteiger partial charge is 0.279 e. The highest BCUT2D eigenvalue weighted by Gasteiger charge is 2.17. The number of H-pyrrole nitrogens is 2. The topological polar surface area (TPSA) is 145 Å². The largest absolute Gasteiger partial charge is 0.361 e. The molecular weight excluding hydrogens is 400 g/mol. The number of aromatic amines is 2. The SMILES string of the molecule is CN(C)Cc1c[nH]c2cccc([N+](=O)[O-])c12.N#CCc1c[nH]c2cccc([N+](=O)[O-])c12. The molecule has 0 spiro atoms. The van der Waals surface area contributed by atoms with Gasteiger partial charge in [0.05, 0.1) is 44.1 Å². The fourth-order valence-electron chi connectivity index (χ4n) is 3.46. The molecule has 4 aromatic rings. The van der Waals surface area contributed by atoms with Crippen molar-refractivity contribution in [2.75, 3.05) is 14.1 Å². The molecule has 2 aromatic heterocycles. The Morgan fingerprint density at radius 2 is 1.39 bits per heavy atom. The van der Waals surface area contributed by atoms with Crippen molar-refractivity contribution in [3.05, 3.63) is 80.1 Å². The van der Waals surface area contributed by atoms with Crippen LogP contribution in [0.3, 0.4) is 0 Å². The normalized spacial score (nSPS) is 10.6. The third-order valence-electron chi connectivity index (χ3n) is 4.68. The Kier molecular flexibility index (Phi) is 6.28. The van der Waals surface area contributed by atoms with Crippen LogP contribution < -0.4 is 0 Å². The van der Waals surface area contributed by atoms with Crippen molar-refractivity contribution in [2.45, 2.75) is 13.0 Å². The standard InChI is InChI=1S/C11H13N3O2.C10H7N3O2/c1-13(2)7-8-6-12-9-4-3-5-10(11(8)9)14(15)16;11-5-4-7-6-12-8-2-1-3-9(10(7)8)13(14)15/h3-6,12H,7H2,1-2H3;1-3,6,12H,4H2. The van der Waals surface area contributed by atoms with Gasteiger partial charge in [-0.25, -0.2) is 0 Å². The first-order valence-electron chi connectivity index (χ1n) is 9.32. The minimum absolute atomic E-state index is 0.0407. The van der Waals surface area contributed by atoms with Crippen LogP contribution in [-0.2, 0) is 13.0 Å². The average Bonchev–Trinajstić information content (AvgIpc) is 3.32. The van der Waals surface area contributed by atoms with Crippen molar-refractivity contribution in [1.29, 1.82) is 5.26 Å².